The zero-order chi connectivity index (χ0) is 21.9. The van der Waals surface area contributed by atoms with E-state index < -0.39 is 11.0 Å². The van der Waals surface area contributed by atoms with Gasteiger partial charge in [0.1, 0.15) is 0 Å². The Morgan fingerprint density at radius 2 is 1.10 bits per heavy atom. The SMILES string of the molecule is CCCCCCCCCCCCCCCCCC[Se](C)([SeH])CC(=O)c1ccccc1. The van der Waals surface area contributed by atoms with E-state index in [0.29, 0.717) is 5.78 Å². The van der Waals surface area contributed by atoms with Crippen LogP contribution in [0.3, 0.4) is 0 Å². The first kappa shape index (κ1) is 28.0. The first-order valence-corrected chi connectivity index (χ1v) is 21.5. The van der Waals surface area contributed by atoms with E-state index in [4.69, 9.17) is 0 Å². The number of carbonyl (C=O) groups is 1. The number of Topliss-reactive ketones (excluding diaryl/α,β-unsaturated/α-hetero) is 1. The molecule has 0 saturated carbocycles. The fourth-order valence-electron chi connectivity index (χ4n) is 4.02. The van der Waals surface area contributed by atoms with Crippen LogP contribution >= 0.6 is 0 Å². The van der Waals surface area contributed by atoms with Crippen molar-refractivity contribution in [2.45, 2.75) is 126 Å². The molecule has 0 spiro atoms. The molecule has 30 heavy (non-hydrogen) atoms. The molecule has 0 saturated heterocycles. The average molecular weight is 547 g/mol. The number of benzene rings is 1. The molecule has 1 unspecified atom stereocenters. The van der Waals surface area contributed by atoms with Crippen LogP contribution in [0.2, 0.25) is 16.5 Å². The van der Waals surface area contributed by atoms with Crippen molar-refractivity contribution in [1.29, 1.82) is 0 Å². The van der Waals surface area contributed by atoms with E-state index in [1.54, 1.807) is 0 Å². The van der Waals surface area contributed by atoms with Crippen molar-refractivity contribution in [3.8, 4) is 0 Å². The van der Waals surface area contributed by atoms with E-state index in [0.717, 1.165) is 10.9 Å². The summed E-state index contributed by atoms with van der Waals surface area (Å²) in [7, 11) is 0. The predicted octanol–water partition coefficient (Wildman–Crippen LogP) is 8.61. The first-order chi connectivity index (χ1) is 14.5. The van der Waals surface area contributed by atoms with Gasteiger partial charge in [-0.15, -0.1) is 0 Å². The van der Waals surface area contributed by atoms with Crippen LogP contribution in [-0.4, -0.2) is 31.0 Å². The van der Waals surface area contributed by atoms with Crippen molar-refractivity contribution >= 4 is 31.0 Å². The minimum absolute atomic E-state index is 0.343. The molecule has 174 valence electrons. The predicted molar refractivity (Wildman–Crippen MR) is 139 cm³/mol. The average Bonchev–Trinajstić information content (AvgIpc) is 2.73. The van der Waals surface area contributed by atoms with Gasteiger partial charge in [-0.2, -0.15) is 0 Å². The molecule has 0 aliphatic heterocycles. The molecule has 1 rings (SSSR count). The monoisotopic (exact) mass is 548 g/mol. The first-order valence-electron chi connectivity index (χ1n) is 12.6. The molecular formula is C27H48OSe2. The molecular weight excluding hydrogens is 498 g/mol. The van der Waals surface area contributed by atoms with Crippen LogP contribution in [0.5, 0.6) is 0 Å². The molecule has 1 nitrogen and oxygen atoms in total. The summed E-state index contributed by atoms with van der Waals surface area (Å²) in [6.45, 7) is 2.29. The summed E-state index contributed by atoms with van der Waals surface area (Å²) in [5.41, 5.74) is 0.888. The van der Waals surface area contributed by atoms with Crippen LogP contribution in [0.1, 0.15) is 120 Å². The van der Waals surface area contributed by atoms with E-state index >= 15 is 0 Å². The molecule has 1 aromatic rings. The fraction of sp³-hybridized carbons (Fsp3) is 0.741. The Bertz CT molecular complexity index is 527. The van der Waals surface area contributed by atoms with Crippen molar-refractivity contribution in [2.75, 3.05) is 0 Å². The number of unbranched alkanes of at least 4 members (excludes halogenated alkanes) is 15. The van der Waals surface area contributed by atoms with Crippen LogP contribution in [0.4, 0.5) is 0 Å². The van der Waals surface area contributed by atoms with E-state index in [2.05, 4.69) is 26.9 Å². The Hall–Kier alpha value is -0.0710. The molecule has 0 aliphatic rings. The van der Waals surface area contributed by atoms with Gasteiger partial charge in [-0.05, 0) is 0 Å². The Labute approximate surface area is 197 Å². The summed E-state index contributed by atoms with van der Waals surface area (Å²) >= 11 is 1.27. The van der Waals surface area contributed by atoms with Crippen LogP contribution in [-0.2, 0) is 0 Å². The number of carbonyl (C=O) groups excluding carboxylic acids is 1. The molecule has 0 heterocycles. The molecule has 3 heteroatoms. The minimum atomic E-state index is -1.66. The number of hydrogen-bond acceptors (Lipinski definition) is 1. The van der Waals surface area contributed by atoms with Gasteiger partial charge < -0.3 is 0 Å². The quantitative estimate of drug-likeness (QED) is 0.0909. The van der Waals surface area contributed by atoms with Crippen molar-refractivity contribution in [3.63, 3.8) is 0 Å². The molecule has 1 aromatic carbocycles. The third-order valence-corrected chi connectivity index (χ3v) is 13.7. The fourth-order valence-corrected chi connectivity index (χ4v) is 10.3. The third kappa shape index (κ3) is 15.7. The van der Waals surface area contributed by atoms with Crippen LogP contribution in [0.25, 0.3) is 0 Å². The zero-order valence-electron chi connectivity index (χ0n) is 19.9. The van der Waals surface area contributed by atoms with Crippen LogP contribution < -0.4 is 0 Å². The van der Waals surface area contributed by atoms with Crippen molar-refractivity contribution in [1.82, 2.24) is 0 Å². The summed E-state index contributed by atoms with van der Waals surface area (Å²) in [5, 5.41) is 2.08. The van der Waals surface area contributed by atoms with Gasteiger partial charge in [0.05, 0.1) is 0 Å². The summed E-state index contributed by atoms with van der Waals surface area (Å²) < 4.78 is 0. The second-order valence-corrected chi connectivity index (χ2v) is 25.4. The topological polar surface area (TPSA) is 17.1 Å². The summed E-state index contributed by atoms with van der Waals surface area (Å²) in [6, 6.07) is 9.82. The van der Waals surface area contributed by atoms with Crippen molar-refractivity contribution in [2.24, 2.45) is 0 Å². The second-order valence-electron chi connectivity index (χ2n) is 9.16. The van der Waals surface area contributed by atoms with Gasteiger partial charge in [0.2, 0.25) is 0 Å². The molecule has 1 atom stereocenters. The number of rotatable bonds is 20. The van der Waals surface area contributed by atoms with E-state index in [1.807, 2.05) is 30.3 Å². The van der Waals surface area contributed by atoms with Crippen molar-refractivity contribution < 1.29 is 4.79 Å². The molecule has 0 aliphatic carbocycles. The molecule has 0 fully saturated rings. The Kier molecular flexibility index (Phi) is 17.2. The molecule has 0 aromatic heterocycles. The second kappa shape index (κ2) is 18.5. The van der Waals surface area contributed by atoms with Crippen molar-refractivity contribution in [3.05, 3.63) is 35.9 Å². The number of hydrogen-bond donors (Lipinski definition) is 0. The summed E-state index contributed by atoms with van der Waals surface area (Å²) in [6.07, 6.45) is 22.7. The Morgan fingerprint density at radius 3 is 1.53 bits per heavy atom. The van der Waals surface area contributed by atoms with Gasteiger partial charge in [0.15, 0.2) is 0 Å². The van der Waals surface area contributed by atoms with Gasteiger partial charge in [-0.25, -0.2) is 0 Å². The van der Waals surface area contributed by atoms with Crippen LogP contribution in [0.15, 0.2) is 30.3 Å². The van der Waals surface area contributed by atoms with Gasteiger partial charge in [-0.3, -0.25) is 0 Å². The van der Waals surface area contributed by atoms with E-state index in [9.17, 15) is 4.79 Å². The van der Waals surface area contributed by atoms with Gasteiger partial charge in [-0.1, -0.05) is 39.0 Å². The molecule has 0 N–H and O–H groups in total. The maximum absolute atomic E-state index is 12.5. The van der Waals surface area contributed by atoms with Gasteiger partial charge in [0, 0.05) is 0 Å². The molecule has 0 amide bonds. The van der Waals surface area contributed by atoms with E-state index in [1.165, 1.54) is 108 Å². The molecule has 0 radical (unpaired) electrons. The maximum atomic E-state index is 12.5. The normalized spacial score (nSPS) is 14.4. The molecule has 0 bridgehead atoms. The Morgan fingerprint density at radius 1 is 0.700 bits per heavy atom. The van der Waals surface area contributed by atoms with Gasteiger partial charge in [0.25, 0.3) is 0 Å². The zero-order valence-corrected chi connectivity index (χ0v) is 23.5. The number of ketones is 1. The Balaban J connectivity index is 1.89. The van der Waals surface area contributed by atoms with E-state index in [-0.39, 0.29) is 0 Å². The summed E-state index contributed by atoms with van der Waals surface area (Å²) in [4.78, 5) is 12.5. The summed E-state index contributed by atoms with van der Waals surface area (Å²) in [5.74, 6) is 2.72. The third-order valence-electron chi connectivity index (χ3n) is 5.98. The standard InChI is InChI=1S/C27H48OSe2/c1-3-4-5-6-7-8-9-10-11-12-13-14-15-16-17-21-24-30(2,29)25-27(28)26-22-19-18-20-23-26/h18-20,22-23,29H,3-17,21,24-25H2,1-2H3. The van der Waals surface area contributed by atoms with Gasteiger partial charge >= 0.3 is 159 Å². The van der Waals surface area contributed by atoms with Crippen LogP contribution in [0, 0.1) is 0 Å².